The first kappa shape index (κ1) is 23.6. The number of rotatable bonds is 8. The first-order chi connectivity index (χ1) is 17.2. The van der Waals surface area contributed by atoms with E-state index in [-0.39, 0.29) is 5.91 Å². The van der Waals surface area contributed by atoms with Gasteiger partial charge in [-0.05, 0) is 35.9 Å². The van der Waals surface area contributed by atoms with Crippen molar-refractivity contribution >= 4 is 46.1 Å². The zero-order valence-corrected chi connectivity index (χ0v) is 20.5. The van der Waals surface area contributed by atoms with Crippen LogP contribution in [0.5, 0.6) is 5.75 Å². The lowest BCUT2D eigenvalue weighted by molar-refractivity contribution is 0.0322. The molecule has 1 fully saturated rings. The van der Waals surface area contributed by atoms with Crippen molar-refractivity contribution in [2.24, 2.45) is 9.98 Å². The lowest BCUT2D eigenvalue weighted by atomic mass is 10.1. The highest BCUT2D eigenvalue weighted by Crippen LogP contribution is 2.27. The van der Waals surface area contributed by atoms with Gasteiger partial charge in [-0.15, -0.1) is 11.3 Å². The average Bonchev–Trinajstić information content (AvgIpc) is 3.59. The van der Waals surface area contributed by atoms with E-state index in [0.717, 1.165) is 49.7 Å². The molecule has 35 heavy (non-hydrogen) atoms. The van der Waals surface area contributed by atoms with Crippen LogP contribution in [0, 0.1) is 0 Å². The number of nitrogens with zero attached hydrogens (tertiary/aromatic N) is 4. The van der Waals surface area contributed by atoms with Gasteiger partial charge in [-0.1, -0.05) is 23.7 Å². The minimum atomic E-state index is -0.228. The number of benzene rings is 2. The molecule has 8 nitrogen and oxygen atoms in total. The molecule has 3 aromatic rings. The number of anilines is 1. The quantitative estimate of drug-likeness (QED) is 0.495. The fourth-order valence-corrected chi connectivity index (χ4v) is 4.56. The lowest BCUT2D eigenvalue weighted by Gasteiger charge is -2.26. The van der Waals surface area contributed by atoms with Crippen molar-refractivity contribution in [3.05, 3.63) is 75.2 Å². The zero-order chi connectivity index (χ0) is 24.0. The number of aliphatic imine (C=N–C) groups is 2. The number of thiazole rings is 1. The first-order valence-corrected chi connectivity index (χ1v) is 12.6. The summed E-state index contributed by atoms with van der Waals surface area (Å²) in [5.74, 6) is 1.07. The number of nitrogens with one attached hydrogen (secondary N) is 1. The fourth-order valence-electron chi connectivity index (χ4n) is 3.79. The van der Waals surface area contributed by atoms with Gasteiger partial charge in [-0.25, -0.2) is 9.98 Å². The van der Waals surface area contributed by atoms with Crippen molar-refractivity contribution in [2.75, 3.05) is 51.3 Å². The number of halogens is 1. The van der Waals surface area contributed by atoms with Gasteiger partial charge in [-0.3, -0.25) is 14.7 Å². The second kappa shape index (κ2) is 11.1. The normalized spacial score (nSPS) is 16.0. The van der Waals surface area contributed by atoms with Crippen molar-refractivity contribution in [3.8, 4) is 5.75 Å². The van der Waals surface area contributed by atoms with Gasteiger partial charge in [0.1, 0.15) is 18.1 Å². The zero-order valence-electron chi connectivity index (χ0n) is 18.9. The number of carbonyl (C=O) groups excluding carboxylic acids is 1. The molecule has 2 aliphatic rings. The Hall–Kier alpha value is -3.11. The van der Waals surface area contributed by atoms with E-state index in [0.29, 0.717) is 41.1 Å². The van der Waals surface area contributed by atoms with Gasteiger partial charge in [0.15, 0.2) is 5.84 Å². The molecule has 0 unspecified atom stereocenters. The van der Waals surface area contributed by atoms with Gasteiger partial charge in [0.2, 0.25) is 0 Å². The second-order valence-corrected chi connectivity index (χ2v) is 9.18. The van der Waals surface area contributed by atoms with Crippen LogP contribution in [-0.4, -0.2) is 73.3 Å². The fraction of sp³-hybridized carbons (Fsp3) is 0.280. The Morgan fingerprint density at radius 1 is 1.14 bits per heavy atom. The molecule has 0 saturated carbocycles. The maximum atomic E-state index is 12.2. The third-order valence-corrected chi connectivity index (χ3v) is 6.60. The Morgan fingerprint density at radius 2 is 1.94 bits per heavy atom. The monoisotopic (exact) mass is 509 g/mol. The van der Waals surface area contributed by atoms with Gasteiger partial charge in [0.05, 0.1) is 36.0 Å². The number of hydrogen-bond donors (Lipinski definition) is 1. The number of hydrogen-bond acceptors (Lipinski definition) is 8. The van der Waals surface area contributed by atoms with Gasteiger partial charge in [0.25, 0.3) is 5.91 Å². The number of amides is 1. The summed E-state index contributed by atoms with van der Waals surface area (Å²) in [5, 5.41) is 5.10. The van der Waals surface area contributed by atoms with E-state index in [2.05, 4.69) is 20.2 Å². The van der Waals surface area contributed by atoms with Gasteiger partial charge < -0.3 is 14.8 Å². The molecule has 5 rings (SSSR count). The molecule has 1 amide bonds. The molecule has 1 N–H and O–H groups in total. The van der Waals surface area contributed by atoms with Crippen molar-refractivity contribution < 1.29 is 14.3 Å². The summed E-state index contributed by atoms with van der Waals surface area (Å²) in [4.78, 5) is 27.8. The molecule has 0 bridgehead atoms. The predicted octanol–water partition coefficient (Wildman–Crippen LogP) is 4.01. The Labute approximate surface area is 212 Å². The third kappa shape index (κ3) is 5.94. The molecule has 10 heteroatoms. The average molecular weight is 510 g/mol. The number of ether oxygens (including phenoxy) is 2. The third-order valence-electron chi connectivity index (χ3n) is 5.72. The van der Waals surface area contributed by atoms with E-state index in [1.165, 1.54) is 11.3 Å². The summed E-state index contributed by atoms with van der Waals surface area (Å²) < 4.78 is 11.3. The highest BCUT2D eigenvalue weighted by molar-refractivity contribution is 7.07. The van der Waals surface area contributed by atoms with Gasteiger partial charge >= 0.3 is 0 Å². The minimum Gasteiger partial charge on any atom is -0.491 e. The van der Waals surface area contributed by atoms with Crippen molar-refractivity contribution in [1.29, 1.82) is 0 Å². The molecule has 0 radical (unpaired) electrons. The van der Waals surface area contributed by atoms with Crippen LogP contribution in [0.3, 0.4) is 0 Å². The Balaban J connectivity index is 1.18. The SMILES string of the molecule is O=C(Nc1ccc(C2=NC(c3ccc(OCCN4CCOCC4)c(Cl)c3)=NC2)cc1)c1cscn1. The van der Waals surface area contributed by atoms with Gasteiger partial charge in [0, 0.05) is 36.3 Å². The summed E-state index contributed by atoms with van der Waals surface area (Å²) >= 11 is 7.86. The Morgan fingerprint density at radius 3 is 2.69 bits per heavy atom. The molecular weight excluding hydrogens is 486 g/mol. The molecule has 1 saturated heterocycles. The van der Waals surface area contributed by atoms with Crippen molar-refractivity contribution in [3.63, 3.8) is 0 Å². The van der Waals surface area contributed by atoms with E-state index in [9.17, 15) is 4.79 Å². The predicted molar refractivity (Wildman–Crippen MR) is 139 cm³/mol. The van der Waals surface area contributed by atoms with Crippen LogP contribution in [0.1, 0.15) is 21.6 Å². The Bertz CT molecular complexity index is 1240. The van der Waals surface area contributed by atoms with Crippen molar-refractivity contribution in [1.82, 2.24) is 9.88 Å². The molecule has 1 aromatic heterocycles. The number of amidine groups is 1. The highest BCUT2D eigenvalue weighted by Gasteiger charge is 2.16. The van der Waals surface area contributed by atoms with Crippen LogP contribution >= 0.6 is 22.9 Å². The lowest BCUT2D eigenvalue weighted by Crippen LogP contribution is -2.38. The second-order valence-electron chi connectivity index (χ2n) is 8.05. The number of carbonyl (C=O) groups is 1. The molecular formula is C25H24ClN5O3S. The standard InChI is InChI=1S/C25H24ClN5O3S/c26-20-13-18(3-6-23(20)34-12-9-31-7-10-33-11-8-31)24-27-14-21(30-24)17-1-4-19(5-2-17)29-25(32)22-15-35-16-28-22/h1-6,13,15-16H,7-12,14H2,(H,29,32). The summed E-state index contributed by atoms with van der Waals surface area (Å²) in [6.45, 7) is 5.30. The topological polar surface area (TPSA) is 88.4 Å². The summed E-state index contributed by atoms with van der Waals surface area (Å²) in [6, 6.07) is 13.2. The van der Waals surface area contributed by atoms with Crippen LogP contribution in [-0.2, 0) is 4.74 Å². The van der Waals surface area contributed by atoms with Crippen LogP contribution in [0.25, 0.3) is 0 Å². The molecule has 3 heterocycles. The molecule has 2 aliphatic heterocycles. The maximum absolute atomic E-state index is 12.2. The van der Waals surface area contributed by atoms with E-state index < -0.39 is 0 Å². The minimum absolute atomic E-state index is 0.228. The largest absolute Gasteiger partial charge is 0.491 e. The van der Waals surface area contributed by atoms with E-state index >= 15 is 0 Å². The summed E-state index contributed by atoms with van der Waals surface area (Å²) in [7, 11) is 0. The van der Waals surface area contributed by atoms with E-state index in [1.54, 1.807) is 10.9 Å². The highest BCUT2D eigenvalue weighted by atomic mass is 35.5. The molecule has 0 aliphatic carbocycles. The smallest absolute Gasteiger partial charge is 0.275 e. The first-order valence-electron chi connectivity index (χ1n) is 11.3. The van der Waals surface area contributed by atoms with Crippen LogP contribution in [0.4, 0.5) is 5.69 Å². The Kier molecular flexibility index (Phi) is 7.48. The molecule has 180 valence electrons. The molecule has 0 spiro atoms. The van der Waals surface area contributed by atoms with Crippen LogP contribution in [0.15, 0.2) is 63.3 Å². The molecule has 2 aromatic carbocycles. The van der Waals surface area contributed by atoms with E-state index in [1.807, 2.05) is 42.5 Å². The number of morpholine rings is 1. The van der Waals surface area contributed by atoms with Crippen molar-refractivity contribution in [2.45, 2.75) is 0 Å². The summed E-state index contributed by atoms with van der Waals surface area (Å²) in [6.07, 6.45) is 0. The van der Waals surface area contributed by atoms with Crippen LogP contribution < -0.4 is 10.1 Å². The summed E-state index contributed by atoms with van der Waals surface area (Å²) in [5.41, 5.74) is 5.39. The molecule has 0 atom stereocenters. The maximum Gasteiger partial charge on any atom is 0.275 e. The van der Waals surface area contributed by atoms with E-state index in [4.69, 9.17) is 26.1 Å². The van der Waals surface area contributed by atoms with Gasteiger partial charge in [-0.2, -0.15) is 0 Å². The number of aromatic nitrogens is 1. The van der Waals surface area contributed by atoms with Crippen LogP contribution in [0.2, 0.25) is 5.02 Å².